The lowest BCUT2D eigenvalue weighted by atomic mass is 10.5. The summed E-state index contributed by atoms with van der Waals surface area (Å²) in [6, 6.07) is 0.611. The predicted molar refractivity (Wildman–Crippen MR) is 70.8 cm³/mol. The van der Waals surface area contributed by atoms with E-state index < -0.39 is 0 Å². The van der Waals surface area contributed by atoms with Crippen LogP contribution in [0, 0.1) is 0 Å². The normalized spacial score (nSPS) is 14.5. The quantitative estimate of drug-likeness (QED) is 0.797. The van der Waals surface area contributed by atoms with Gasteiger partial charge < -0.3 is 4.74 Å². The molecule has 0 bridgehead atoms. The Labute approximate surface area is 124 Å². The zero-order chi connectivity index (χ0) is 13.9. The first-order valence-electron chi connectivity index (χ1n) is 6.26. The van der Waals surface area contributed by atoms with Gasteiger partial charge in [-0.15, -0.1) is 5.10 Å². The van der Waals surface area contributed by atoms with Crippen molar-refractivity contribution in [3.05, 3.63) is 5.28 Å². The highest BCUT2D eigenvalue weighted by molar-refractivity contribution is 7.99. The van der Waals surface area contributed by atoms with Crippen molar-refractivity contribution in [2.45, 2.75) is 42.5 Å². The van der Waals surface area contributed by atoms with Crippen LogP contribution in [0.15, 0.2) is 10.3 Å². The SMILES string of the molecule is CCCOc1nc(Cl)nc(Sc2nnnn2C2CC2)n1. The van der Waals surface area contributed by atoms with E-state index in [0.717, 1.165) is 19.3 Å². The predicted octanol–water partition coefficient (Wildman–Crippen LogP) is 1.79. The number of hydrogen-bond donors (Lipinski definition) is 0. The molecule has 1 saturated carbocycles. The van der Waals surface area contributed by atoms with Gasteiger partial charge in [-0.1, -0.05) is 6.92 Å². The number of tetrazole rings is 1. The molecule has 0 saturated heterocycles. The Balaban J connectivity index is 1.79. The topological polar surface area (TPSA) is 91.5 Å². The van der Waals surface area contributed by atoms with Crippen LogP contribution in [0.25, 0.3) is 0 Å². The van der Waals surface area contributed by atoms with Crippen molar-refractivity contribution in [2.75, 3.05) is 6.61 Å². The van der Waals surface area contributed by atoms with Gasteiger partial charge in [-0.25, -0.2) is 4.68 Å². The number of nitrogens with zero attached hydrogens (tertiary/aromatic N) is 7. The lowest BCUT2D eigenvalue weighted by Crippen LogP contribution is -2.03. The first kappa shape index (κ1) is 13.5. The van der Waals surface area contributed by atoms with Crippen LogP contribution >= 0.6 is 23.4 Å². The number of ether oxygens (including phenoxy) is 1. The largest absolute Gasteiger partial charge is 0.463 e. The Morgan fingerprint density at radius 3 is 2.95 bits per heavy atom. The molecule has 1 fully saturated rings. The van der Waals surface area contributed by atoms with Gasteiger partial charge in [0.2, 0.25) is 15.6 Å². The van der Waals surface area contributed by atoms with Gasteiger partial charge in [0.05, 0.1) is 12.6 Å². The van der Waals surface area contributed by atoms with E-state index in [1.807, 2.05) is 6.92 Å². The fourth-order valence-corrected chi connectivity index (χ4v) is 2.48. The van der Waals surface area contributed by atoms with Gasteiger partial charge in [0.1, 0.15) is 0 Å². The standard InChI is InChI=1S/C10H12ClN7OS/c1-2-5-19-8-12-7(11)13-9(14-8)20-10-15-16-17-18(10)6-3-4-6/h6H,2-5H2,1H3. The van der Waals surface area contributed by atoms with E-state index in [9.17, 15) is 0 Å². The number of halogens is 1. The molecular weight excluding hydrogens is 302 g/mol. The zero-order valence-corrected chi connectivity index (χ0v) is 12.3. The monoisotopic (exact) mass is 313 g/mol. The Hall–Kier alpha value is -1.48. The first-order valence-corrected chi connectivity index (χ1v) is 7.46. The molecule has 3 rings (SSSR count). The molecule has 0 atom stereocenters. The third-order valence-corrected chi connectivity index (χ3v) is 3.53. The molecule has 10 heteroatoms. The molecular formula is C10H12ClN7OS. The highest BCUT2D eigenvalue weighted by Gasteiger charge is 2.28. The molecule has 2 aromatic rings. The van der Waals surface area contributed by atoms with E-state index in [0.29, 0.717) is 23.0 Å². The fraction of sp³-hybridized carbons (Fsp3) is 0.600. The molecule has 2 heterocycles. The van der Waals surface area contributed by atoms with Crippen molar-refractivity contribution < 1.29 is 4.74 Å². The molecule has 0 aliphatic heterocycles. The first-order chi connectivity index (χ1) is 9.76. The summed E-state index contributed by atoms with van der Waals surface area (Å²) in [5.74, 6) is 0. The Bertz CT molecular complexity index is 603. The van der Waals surface area contributed by atoms with Crippen molar-refractivity contribution >= 4 is 23.4 Å². The summed E-state index contributed by atoms with van der Waals surface area (Å²) in [5, 5.41) is 12.8. The molecule has 0 N–H and O–H groups in total. The van der Waals surface area contributed by atoms with Gasteiger partial charge in [0.15, 0.2) is 0 Å². The van der Waals surface area contributed by atoms with E-state index >= 15 is 0 Å². The minimum Gasteiger partial charge on any atom is -0.463 e. The molecule has 106 valence electrons. The van der Waals surface area contributed by atoms with Gasteiger partial charge in [-0.05, 0) is 53.1 Å². The number of aromatic nitrogens is 7. The molecule has 0 radical (unpaired) electrons. The third kappa shape index (κ3) is 3.15. The van der Waals surface area contributed by atoms with Gasteiger partial charge in [0.25, 0.3) is 0 Å². The second-order valence-electron chi connectivity index (χ2n) is 4.26. The minimum atomic E-state index is 0.0963. The van der Waals surface area contributed by atoms with Crippen molar-refractivity contribution in [1.82, 2.24) is 35.2 Å². The van der Waals surface area contributed by atoms with Crippen molar-refractivity contribution in [3.8, 4) is 6.01 Å². The summed E-state index contributed by atoms with van der Waals surface area (Å²) in [7, 11) is 0. The Kier molecular flexibility index (Phi) is 3.97. The maximum atomic E-state index is 5.87. The average Bonchev–Trinajstić information content (AvgIpc) is 3.17. The molecule has 8 nitrogen and oxygen atoms in total. The summed E-state index contributed by atoms with van der Waals surface area (Å²) < 4.78 is 7.15. The van der Waals surface area contributed by atoms with Crippen LogP contribution < -0.4 is 4.74 Å². The average molecular weight is 314 g/mol. The smallest absolute Gasteiger partial charge is 0.321 e. The molecule has 0 aromatic carbocycles. The van der Waals surface area contributed by atoms with Crippen LogP contribution in [0.3, 0.4) is 0 Å². The Morgan fingerprint density at radius 1 is 1.35 bits per heavy atom. The minimum absolute atomic E-state index is 0.0963. The fourth-order valence-electron chi connectivity index (χ4n) is 1.50. The number of rotatable bonds is 6. The third-order valence-electron chi connectivity index (χ3n) is 2.54. The molecule has 1 aliphatic carbocycles. The molecule has 20 heavy (non-hydrogen) atoms. The van der Waals surface area contributed by atoms with Crippen molar-refractivity contribution in [2.24, 2.45) is 0 Å². The molecule has 2 aromatic heterocycles. The molecule has 0 amide bonds. The van der Waals surface area contributed by atoms with Crippen LogP contribution in [-0.4, -0.2) is 41.8 Å². The highest BCUT2D eigenvalue weighted by Crippen LogP contribution is 2.37. The molecule has 0 unspecified atom stereocenters. The van der Waals surface area contributed by atoms with E-state index in [1.54, 1.807) is 4.68 Å². The van der Waals surface area contributed by atoms with Crippen LogP contribution in [0.2, 0.25) is 5.28 Å². The van der Waals surface area contributed by atoms with E-state index in [1.165, 1.54) is 11.8 Å². The van der Waals surface area contributed by atoms with Gasteiger partial charge in [-0.3, -0.25) is 0 Å². The van der Waals surface area contributed by atoms with Gasteiger partial charge in [0, 0.05) is 0 Å². The number of hydrogen-bond acceptors (Lipinski definition) is 8. The maximum Gasteiger partial charge on any atom is 0.321 e. The second kappa shape index (κ2) is 5.88. The maximum absolute atomic E-state index is 5.87. The van der Waals surface area contributed by atoms with Gasteiger partial charge >= 0.3 is 6.01 Å². The van der Waals surface area contributed by atoms with Crippen LogP contribution in [0.4, 0.5) is 0 Å². The van der Waals surface area contributed by atoms with E-state index in [2.05, 4.69) is 30.5 Å². The lowest BCUT2D eigenvalue weighted by molar-refractivity contribution is 0.288. The van der Waals surface area contributed by atoms with Crippen LogP contribution in [0.5, 0.6) is 6.01 Å². The summed E-state index contributed by atoms with van der Waals surface area (Å²) in [5.41, 5.74) is 0. The van der Waals surface area contributed by atoms with E-state index in [-0.39, 0.29) is 11.3 Å². The van der Waals surface area contributed by atoms with Crippen molar-refractivity contribution in [1.29, 1.82) is 0 Å². The zero-order valence-electron chi connectivity index (χ0n) is 10.7. The lowest BCUT2D eigenvalue weighted by Gasteiger charge is -2.04. The molecule has 0 spiro atoms. The van der Waals surface area contributed by atoms with Crippen LogP contribution in [-0.2, 0) is 0 Å². The molecule has 1 aliphatic rings. The second-order valence-corrected chi connectivity index (χ2v) is 5.53. The summed E-state index contributed by atoms with van der Waals surface area (Å²) in [6.07, 6.45) is 3.06. The Morgan fingerprint density at radius 2 is 2.20 bits per heavy atom. The van der Waals surface area contributed by atoms with Crippen LogP contribution in [0.1, 0.15) is 32.2 Å². The van der Waals surface area contributed by atoms with Gasteiger partial charge in [-0.2, -0.15) is 15.0 Å². The summed E-state index contributed by atoms with van der Waals surface area (Å²) in [4.78, 5) is 12.2. The summed E-state index contributed by atoms with van der Waals surface area (Å²) >= 11 is 7.12. The van der Waals surface area contributed by atoms with E-state index in [4.69, 9.17) is 16.3 Å². The summed E-state index contributed by atoms with van der Waals surface area (Å²) in [6.45, 7) is 2.53. The highest BCUT2D eigenvalue weighted by atomic mass is 35.5. The van der Waals surface area contributed by atoms with Crippen molar-refractivity contribution in [3.63, 3.8) is 0 Å².